The number of cyclic esters (lactones) is 1. The normalized spacial score (nSPS) is 22.3. The van der Waals surface area contributed by atoms with Gasteiger partial charge in [-0.1, -0.05) is 104 Å². The maximum Gasteiger partial charge on any atom is 0.421 e. The number of ether oxygens (including phenoxy) is 4. The van der Waals surface area contributed by atoms with E-state index in [0.717, 1.165) is 29.7 Å². The number of anilines is 1. The van der Waals surface area contributed by atoms with Crippen molar-refractivity contribution in [2.75, 3.05) is 38.3 Å². The number of non-ortho nitro benzene ring substituents is 1. The Kier molecular flexibility index (Phi) is 14.3. The second-order valence-corrected chi connectivity index (χ2v) is 18.8. The Labute approximate surface area is 428 Å². The third-order valence-electron chi connectivity index (χ3n) is 14.6. The number of hydrogen-bond donors (Lipinski definition) is 1. The summed E-state index contributed by atoms with van der Waals surface area (Å²) in [6.45, 7) is 0.0954. The molecule has 15 heteroatoms. The highest BCUT2D eigenvalue weighted by molar-refractivity contribution is 6.23. The number of fused-ring (bicyclic) bond motifs is 3. The summed E-state index contributed by atoms with van der Waals surface area (Å²) in [5.41, 5.74) is 1.67. The molecule has 0 aromatic heterocycles. The van der Waals surface area contributed by atoms with Crippen LogP contribution >= 0.6 is 0 Å². The second-order valence-electron chi connectivity index (χ2n) is 18.8. The number of methoxy groups -OCH3 is 1. The van der Waals surface area contributed by atoms with E-state index in [1.54, 1.807) is 60.5 Å². The van der Waals surface area contributed by atoms with Crippen molar-refractivity contribution in [3.8, 4) is 23.3 Å². The average Bonchev–Trinajstić information content (AvgIpc) is 3.95. The SMILES string of the molecule is COc1ccc(C#Cc2ccc3c(c2)[C@]2(C(=O)N3C(=O)OCc3ccc([N+](=O)[O-])cc3)[C@H](C(=O)N3CCCCCCC3)[C@H]3C(=O)O[C@H](c4ccccc4)[C@H](c4ccccc4)N3[C@@H]2c2cccc(OCCO)c2)cc1. The number of hydrogen-bond acceptors (Lipinski definition) is 12. The summed E-state index contributed by atoms with van der Waals surface area (Å²) in [5, 5.41) is 21.4. The molecule has 15 nitrogen and oxygen atoms in total. The zero-order valence-electron chi connectivity index (χ0n) is 40.7. The van der Waals surface area contributed by atoms with Gasteiger partial charge in [-0.25, -0.2) is 9.69 Å². The molecule has 74 heavy (non-hydrogen) atoms. The summed E-state index contributed by atoms with van der Waals surface area (Å²) in [5.74, 6) is 4.06. The molecule has 3 fully saturated rings. The average molecular weight is 995 g/mol. The van der Waals surface area contributed by atoms with Crippen molar-refractivity contribution in [1.29, 1.82) is 0 Å². The molecule has 10 rings (SSSR count). The highest BCUT2D eigenvalue weighted by Crippen LogP contribution is 2.66. The Bertz CT molecular complexity index is 3120. The Morgan fingerprint density at radius 2 is 1.39 bits per heavy atom. The molecule has 0 unspecified atom stereocenters. The number of aliphatic hydroxyl groups excluding tert-OH is 1. The Hall–Kier alpha value is -8.32. The van der Waals surface area contributed by atoms with Gasteiger partial charge in [0.25, 0.3) is 5.69 Å². The lowest BCUT2D eigenvalue weighted by atomic mass is 9.64. The summed E-state index contributed by atoms with van der Waals surface area (Å²) >= 11 is 0. The van der Waals surface area contributed by atoms with Crippen molar-refractivity contribution in [2.24, 2.45) is 5.92 Å². The number of carbonyl (C=O) groups is 4. The predicted octanol–water partition coefficient (Wildman–Crippen LogP) is 9.17. The van der Waals surface area contributed by atoms with E-state index in [1.807, 2.05) is 83.8 Å². The lowest BCUT2D eigenvalue weighted by Crippen LogP contribution is -2.56. The third kappa shape index (κ3) is 9.23. The minimum absolute atomic E-state index is 0.0386. The van der Waals surface area contributed by atoms with Crippen LogP contribution in [0.25, 0.3) is 0 Å². The molecule has 0 radical (unpaired) electrons. The topological polar surface area (TPSA) is 178 Å². The van der Waals surface area contributed by atoms with Gasteiger partial charge in [0.15, 0.2) is 0 Å². The van der Waals surface area contributed by atoms with Crippen LogP contribution in [0.1, 0.15) is 89.2 Å². The summed E-state index contributed by atoms with van der Waals surface area (Å²) < 4.78 is 24.1. The number of amides is 3. The van der Waals surface area contributed by atoms with Crippen LogP contribution in [0.3, 0.4) is 0 Å². The molecule has 6 aromatic carbocycles. The van der Waals surface area contributed by atoms with E-state index in [2.05, 4.69) is 11.8 Å². The van der Waals surface area contributed by atoms with Crippen LogP contribution in [-0.4, -0.2) is 83.2 Å². The number of imide groups is 1. The lowest BCUT2D eigenvalue weighted by molar-refractivity contribution is -0.384. The van der Waals surface area contributed by atoms with Gasteiger partial charge in [0.1, 0.15) is 42.3 Å². The summed E-state index contributed by atoms with van der Waals surface area (Å²) in [6, 6.07) is 40.4. The van der Waals surface area contributed by atoms with Gasteiger partial charge >= 0.3 is 12.1 Å². The van der Waals surface area contributed by atoms with Crippen molar-refractivity contribution in [1.82, 2.24) is 9.80 Å². The number of aliphatic hydroxyl groups is 1. The van der Waals surface area contributed by atoms with Crippen molar-refractivity contribution in [3.05, 3.63) is 201 Å². The van der Waals surface area contributed by atoms with Gasteiger partial charge in [0, 0.05) is 36.3 Å². The number of morpholine rings is 1. The molecule has 6 aromatic rings. The molecule has 3 amide bonds. The monoisotopic (exact) mass is 994 g/mol. The van der Waals surface area contributed by atoms with Crippen LogP contribution in [0.2, 0.25) is 0 Å². The van der Waals surface area contributed by atoms with Crippen molar-refractivity contribution < 1.29 is 48.2 Å². The molecule has 4 heterocycles. The highest BCUT2D eigenvalue weighted by Gasteiger charge is 2.76. The molecular formula is C59H54N4O11. The van der Waals surface area contributed by atoms with Crippen LogP contribution < -0.4 is 14.4 Å². The molecular weight excluding hydrogens is 941 g/mol. The maximum absolute atomic E-state index is 16.8. The maximum atomic E-state index is 16.8. The van der Waals surface area contributed by atoms with E-state index in [9.17, 15) is 15.2 Å². The number of esters is 1. The molecule has 6 atom stereocenters. The van der Waals surface area contributed by atoms with E-state index in [1.165, 1.54) is 24.3 Å². The fourth-order valence-electron chi connectivity index (χ4n) is 11.3. The van der Waals surface area contributed by atoms with Crippen molar-refractivity contribution in [3.63, 3.8) is 0 Å². The number of likely N-dealkylation sites (tertiary alicyclic amines) is 1. The Morgan fingerprint density at radius 3 is 2.07 bits per heavy atom. The molecule has 0 aliphatic carbocycles. The van der Waals surface area contributed by atoms with E-state index >= 15 is 19.2 Å². The number of benzene rings is 6. The zero-order chi connectivity index (χ0) is 51.3. The van der Waals surface area contributed by atoms with Gasteiger partial charge in [-0.2, -0.15) is 0 Å². The minimum atomic E-state index is -2.07. The van der Waals surface area contributed by atoms with E-state index in [-0.39, 0.29) is 36.8 Å². The molecule has 3 saturated heterocycles. The van der Waals surface area contributed by atoms with E-state index in [0.29, 0.717) is 65.2 Å². The van der Waals surface area contributed by atoms with Crippen molar-refractivity contribution in [2.45, 2.75) is 68.4 Å². The minimum Gasteiger partial charge on any atom is -0.497 e. The quantitative estimate of drug-likeness (QED) is 0.0564. The van der Waals surface area contributed by atoms with Crippen LogP contribution in [0.5, 0.6) is 11.5 Å². The first-order chi connectivity index (χ1) is 36.1. The molecule has 376 valence electrons. The number of carbonyl (C=O) groups excluding carboxylic acids is 4. The standard InChI is InChI=1S/C59H54N4O11/c1-71-46-29-24-39(25-30-46)20-21-40-26-31-49-48(36-40)59(57(67)61(49)58(68)73-38-41-22-27-45(28-23-41)63(69)70)50(55(65)60-32-11-3-2-4-12-33-60)52-56(66)74-53(43-16-9-6-10-17-43)51(42-14-7-5-8-15-42)62(52)54(59)44-18-13-19-47(37-44)72-35-34-64/h5-10,13-19,22-31,36-37,50-54,64H,2-4,11-12,32-35,38H2,1H3/t50-,51-,52-,53+,54+,59-/m0/s1. The van der Waals surface area contributed by atoms with Gasteiger partial charge in [0.2, 0.25) is 11.8 Å². The molecule has 0 saturated carbocycles. The highest BCUT2D eigenvalue weighted by atomic mass is 16.6. The van der Waals surface area contributed by atoms with Gasteiger partial charge in [-0.3, -0.25) is 29.4 Å². The van der Waals surface area contributed by atoms with Gasteiger partial charge < -0.3 is 29.0 Å². The van der Waals surface area contributed by atoms with Crippen LogP contribution in [0, 0.1) is 27.9 Å². The van der Waals surface area contributed by atoms with Gasteiger partial charge in [0.05, 0.1) is 42.3 Å². The first-order valence-corrected chi connectivity index (χ1v) is 24.9. The van der Waals surface area contributed by atoms with Gasteiger partial charge in [-0.15, -0.1) is 0 Å². The van der Waals surface area contributed by atoms with Crippen LogP contribution in [0.4, 0.5) is 16.2 Å². The first kappa shape index (κ1) is 49.3. The summed E-state index contributed by atoms with van der Waals surface area (Å²) in [7, 11) is 1.58. The molecule has 4 aliphatic heterocycles. The molecule has 1 N–H and O–H groups in total. The van der Waals surface area contributed by atoms with E-state index in [4.69, 9.17) is 18.9 Å². The molecule has 1 spiro atoms. The fourth-order valence-corrected chi connectivity index (χ4v) is 11.3. The first-order valence-electron chi connectivity index (χ1n) is 24.9. The van der Waals surface area contributed by atoms with Crippen LogP contribution in [0.15, 0.2) is 152 Å². The van der Waals surface area contributed by atoms with Crippen molar-refractivity contribution >= 4 is 35.3 Å². The number of nitrogens with zero attached hydrogens (tertiary/aromatic N) is 4. The Morgan fingerprint density at radius 1 is 0.743 bits per heavy atom. The number of nitro groups is 1. The number of nitro benzene ring substituents is 1. The predicted molar refractivity (Wildman–Crippen MR) is 273 cm³/mol. The molecule has 0 bridgehead atoms. The zero-order valence-corrected chi connectivity index (χ0v) is 40.7. The van der Waals surface area contributed by atoms with E-state index < -0.39 is 64.4 Å². The smallest absolute Gasteiger partial charge is 0.421 e. The largest absolute Gasteiger partial charge is 0.497 e. The fraction of sp³-hybridized carbons (Fsp3) is 0.288. The van der Waals surface area contributed by atoms with Crippen LogP contribution in [-0.2, 0) is 35.9 Å². The molecule has 4 aliphatic rings. The second kappa shape index (κ2) is 21.4. The third-order valence-corrected chi connectivity index (χ3v) is 14.6. The summed E-state index contributed by atoms with van der Waals surface area (Å²) in [4.78, 5) is 79.5. The Balaban J connectivity index is 1.24. The van der Waals surface area contributed by atoms with Gasteiger partial charge in [-0.05, 0) is 107 Å². The lowest BCUT2D eigenvalue weighted by Gasteiger charge is -2.46. The summed E-state index contributed by atoms with van der Waals surface area (Å²) in [6.07, 6.45) is 2.20. The number of rotatable bonds is 11.